The zero-order valence-corrected chi connectivity index (χ0v) is 10.9. The molecule has 1 heterocycles. The van der Waals surface area contributed by atoms with Crippen LogP contribution in [0.25, 0.3) is 0 Å². The van der Waals surface area contributed by atoms with Crippen LogP contribution in [0.15, 0.2) is 41.8 Å². The van der Waals surface area contributed by atoms with Gasteiger partial charge in [-0.05, 0) is 12.5 Å². The Hall–Kier alpha value is -1.75. The summed E-state index contributed by atoms with van der Waals surface area (Å²) >= 11 is 1.24. The van der Waals surface area contributed by atoms with Gasteiger partial charge in [0.25, 0.3) is 0 Å². The highest BCUT2D eigenvalue weighted by Crippen LogP contribution is 2.17. The third-order valence-electron chi connectivity index (χ3n) is 2.48. The third kappa shape index (κ3) is 3.37. The molecule has 1 N–H and O–H groups in total. The van der Waals surface area contributed by atoms with Crippen LogP contribution in [0.2, 0.25) is 0 Å². The molecular formula is C13H14N2O2S. The van der Waals surface area contributed by atoms with Crippen LogP contribution in [0.4, 0.5) is 0 Å². The predicted octanol–water partition coefficient (Wildman–Crippen LogP) is 2.42. The Morgan fingerprint density at radius 2 is 2.11 bits per heavy atom. The Balaban J connectivity index is 2.07. The van der Waals surface area contributed by atoms with Crippen LogP contribution in [-0.2, 0) is 11.3 Å². The van der Waals surface area contributed by atoms with Gasteiger partial charge >= 0.3 is 5.97 Å². The average Bonchev–Trinajstić information content (AvgIpc) is 2.77. The lowest BCUT2D eigenvalue weighted by Crippen LogP contribution is -2.03. The second-order valence-corrected chi connectivity index (χ2v) is 4.95. The molecule has 0 amide bonds. The van der Waals surface area contributed by atoms with Gasteiger partial charge in [-0.2, -0.15) is 0 Å². The molecule has 0 saturated carbocycles. The number of benzene rings is 1. The molecule has 0 radical (unpaired) electrons. The minimum Gasteiger partial charge on any atom is -0.481 e. The number of thioether (sulfide) groups is 1. The Labute approximate surface area is 110 Å². The highest BCUT2D eigenvalue weighted by molar-refractivity contribution is 7.99. The first-order valence-corrected chi connectivity index (χ1v) is 6.55. The van der Waals surface area contributed by atoms with Crippen molar-refractivity contribution in [3.05, 3.63) is 47.8 Å². The largest absolute Gasteiger partial charge is 0.481 e. The fraction of sp³-hybridized carbons (Fsp3) is 0.231. The standard InChI is InChI=1S/C13H14N2O2S/c1-10-2-4-11(5-3-10)8-15-7-6-14-13(15)18-9-12(16)17/h2-7H,8-9H2,1H3,(H,16,17). The van der Waals surface area contributed by atoms with E-state index in [0.29, 0.717) is 6.54 Å². The molecule has 5 heteroatoms. The molecule has 0 atom stereocenters. The summed E-state index contributed by atoms with van der Waals surface area (Å²) in [5, 5.41) is 9.40. The van der Waals surface area contributed by atoms with Crippen LogP contribution in [0.1, 0.15) is 11.1 Å². The first-order valence-electron chi connectivity index (χ1n) is 5.56. The molecular weight excluding hydrogens is 248 g/mol. The van der Waals surface area contributed by atoms with Gasteiger partial charge in [-0.3, -0.25) is 4.79 Å². The van der Waals surface area contributed by atoms with Gasteiger partial charge in [0.2, 0.25) is 0 Å². The monoisotopic (exact) mass is 262 g/mol. The van der Waals surface area contributed by atoms with Crippen molar-refractivity contribution in [3.8, 4) is 0 Å². The summed E-state index contributed by atoms with van der Waals surface area (Å²) in [6, 6.07) is 8.27. The Kier molecular flexibility index (Phi) is 4.04. The summed E-state index contributed by atoms with van der Waals surface area (Å²) in [6.45, 7) is 2.76. The van der Waals surface area contributed by atoms with Gasteiger partial charge in [0.1, 0.15) is 0 Å². The number of aliphatic carboxylic acids is 1. The van der Waals surface area contributed by atoms with E-state index in [0.717, 1.165) is 5.16 Å². The molecule has 2 aromatic rings. The van der Waals surface area contributed by atoms with Gasteiger partial charge in [-0.25, -0.2) is 4.98 Å². The number of carboxylic acid groups (broad SMARTS) is 1. The van der Waals surface area contributed by atoms with Gasteiger partial charge in [-0.1, -0.05) is 41.6 Å². The molecule has 0 unspecified atom stereocenters. The SMILES string of the molecule is Cc1ccc(Cn2ccnc2SCC(=O)O)cc1. The number of hydrogen-bond donors (Lipinski definition) is 1. The Bertz CT molecular complexity index is 534. The van der Waals surface area contributed by atoms with Crippen molar-refractivity contribution in [3.63, 3.8) is 0 Å². The molecule has 0 fully saturated rings. The number of carboxylic acids is 1. The molecule has 0 bridgehead atoms. The molecule has 18 heavy (non-hydrogen) atoms. The smallest absolute Gasteiger partial charge is 0.313 e. The minimum atomic E-state index is -0.829. The predicted molar refractivity (Wildman–Crippen MR) is 70.9 cm³/mol. The maximum Gasteiger partial charge on any atom is 0.313 e. The quantitative estimate of drug-likeness (QED) is 0.841. The van der Waals surface area contributed by atoms with Crippen LogP contribution in [0, 0.1) is 6.92 Å². The summed E-state index contributed by atoms with van der Waals surface area (Å²) in [4.78, 5) is 14.7. The highest BCUT2D eigenvalue weighted by atomic mass is 32.2. The van der Waals surface area contributed by atoms with Gasteiger partial charge in [0.05, 0.1) is 5.75 Å². The normalized spacial score (nSPS) is 10.5. The van der Waals surface area contributed by atoms with Crippen molar-refractivity contribution < 1.29 is 9.90 Å². The summed E-state index contributed by atoms with van der Waals surface area (Å²) < 4.78 is 1.96. The Morgan fingerprint density at radius 3 is 2.78 bits per heavy atom. The molecule has 2 rings (SSSR count). The van der Waals surface area contributed by atoms with E-state index in [1.165, 1.54) is 22.9 Å². The lowest BCUT2D eigenvalue weighted by atomic mass is 10.1. The van der Waals surface area contributed by atoms with Crippen LogP contribution >= 0.6 is 11.8 Å². The van der Waals surface area contributed by atoms with Gasteiger partial charge < -0.3 is 9.67 Å². The molecule has 0 aliphatic heterocycles. The summed E-state index contributed by atoms with van der Waals surface area (Å²) in [7, 11) is 0. The highest BCUT2D eigenvalue weighted by Gasteiger charge is 2.06. The van der Waals surface area contributed by atoms with Crippen LogP contribution in [0.3, 0.4) is 0 Å². The molecule has 0 aliphatic rings. The van der Waals surface area contributed by atoms with Crippen LogP contribution in [-0.4, -0.2) is 26.4 Å². The molecule has 94 valence electrons. The number of hydrogen-bond acceptors (Lipinski definition) is 3. The van der Waals surface area contributed by atoms with E-state index < -0.39 is 5.97 Å². The van der Waals surface area contributed by atoms with E-state index in [1.807, 2.05) is 10.8 Å². The lowest BCUT2D eigenvalue weighted by molar-refractivity contribution is -0.133. The first kappa shape index (κ1) is 12.7. The van der Waals surface area contributed by atoms with E-state index in [2.05, 4.69) is 36.2 Å². The molecule has 0 saturated heterocycles. The number of carbonyl (C=O) groups is 1. The number of imidazole rings is 1. The summed E-state index contributed by atoms with van der Waals surface area (Å²) in [5.74, 6) is -0.796. The van der Waals surface area contributed by atoms with Crippen molar-refractivity contribution in [1.29, 1.82) is 0 Å². The minimum absolute atomic E-state index is 0.0326. The zero-order valence-electron chi connectivity index (χ0n) is 10.0. The molecule has 1 aromatic heterocycles. The number of aromatic nitrogens is 2. The van der Waals surface area contributed by atoms with Gasteiger partial charge in [-0.15, -0.1) is 0 Å². The topological polar surface area (TPSA) is 55.1 Å². The van der Waals surface area contributed by atoms with Crippen LogP contribution < -0.4 is 0 Å². The fourth-order valence-corrected chi connectivity index (χ4v) is 2.25. The first-order chi connectivity index (χ1) is 8.65. The maximum absolute atomic E-state index is 10.5. The summed E-state index contributed by atoms with van der Waals surface area (Å²) in [5.41, 5.74) is 2.40. The second-order valence-electron chi connectivity index (χ2n) is 4.01. The van der Waals surface area contributed by atoms with Gasteiger partial charge in [0.15, 0.2) is 5.16 Å². The maximum atomic E-state index is 10.5. The van der Waals surface area contributed by atoms with E-state index in [-0.39, 0.29) is 5.75 Å². The molecule has 4 nitrogen and oxygen atoms in total. The van der Waals surface area contributed by atoms with Crippen molar-refractivity contribution in [2.75, 3.05) is 5.75 Å². The summed E-state index contributed by atoms with van der Waals surface area (Å²) in [6.07, 6.45) is 3.56. The van der Waals surface area contributed by atoms with E-state index in [9.17, 15) is 4.79 Å². The third-order valence-corrected chi connectivity index (χ3v) is 3.46. The van der Waals surface area contributed by atoms with E-state index >= 15 is 0 Å². The van der Waals surface area contributed by atoms with Crippen LogP contribution in [0.5, 0.6) is 0 Å². The van der Waals surface area contributed by atoms with Crippen molar-refractivity contribution >= 4 is 17.7 Å². The van der Waals surface area contributed by atoms with Crippen molar-refractivity contribution in [1.82, 2.24) is 9.55 Å². The lowest BCUT2D eigenvalue weighted by Gasteiger charge is -2.07. The Morgan fingerprint density at radius 1 is 1.39 bits per heavy atom. The molecule has 0 spiro atoms. The molecule has 0 aliphatic carbocycles. The van der Waals surface area contributed by atoms with Crippen molar-refractivity contribution in [2.45, 2.75) is 18.6 Å². The fourth-order valence-electron chi connectivity index (χ4n) is 1.57. The zero-order chi connectivity index (χ0) is 13.0. The van der Waals surface area contributed by atoms with Crippen molar-refractivity contribution in [2.24, 2.45) is 0 Å². The number of rotatable bonds is 5. The average molecular weight is 262 g/mol. The number of nitrogens with zero attached hydrogens (tertiary/aromatic N) is 2. The number of aryl methyl sites for hydroxylation is 1. The molecule has 1 aromatic carbocycles. The second kappa shape index (κ2) is 5.73. The van der Waals surface area contributed by atoms with Gasteiger partial charge in [0, 0.05) is 18.9 Å². The van der Waals surface area contributed by atoms with E-state index in [4.69, 9.17) is 5.11 Å². The van der Waals surface area contributed by atoms with E-state index in [1.54, 1.807) is 6.20 Å².